The lowest BCUT2D eigenvalue weighted by Gasteiger charge is -2.19. The summed E-state index contributed by atoms with van der Waals surface area (Å²) in [5, 5.41) is 2.77. The number of halogens is 2. The number of ether oxygens (including phenoxy) is 3. The fraction of sp³-hybridized carbons (Fsp3) is 0.350. The molecule has 1 N–H and O–H groups in total. The minimum atomic E-state index is -2.97. The lowest BCUT2D eigenvalue weighted by molar-refractivity contribution is -0.0513. The molecule has 0 aromatic heterocycles. The first-order valence-corrected chi connectivity index (χ1v) is 8.60. The second kappa shape index (κ2) is 7.82. The zero-order valence-corrected chi connectivity index (χ0v) is 15.3. The van der Waals surface area contributed by atoms with Gasteiger partial charge in [0.2, 0.25) is 5.75 Å². The summed E-state index contributed by atoms with van der Waals surface area (Å²) in [5.74, 6) is 0.480. The smallest absolute Gasteiger partial charge is 0.387 e. The molecular formula is C20H21F2NO4. The molecule has 0 unspecified atom stereocenters. The molecule has 0 aliphatic carbocycles. The number of benzene rings is 2. The topological polar surface area (TPSA) is 56.8 Å². The van der Waals surface area contributed by atoms with Crippen molar-refractivity contribution in [1.82, 2.24) is 5.32 Å². The molecule has 0 saturated heterocycles. The highest BCUT2D eigenvalue weighted by Gasteiger charge is 2.23. The zero-order valence-electron chi connectivity index (χ0n) is 15.3. The molecule has 0 bridgehead atoms. The maximum atomic E-state index is 12.7. The van der Waals surface area contributed by atoms with Crippen molar-refractivity contribution >= 4 is 5.91 Å². The van der Waals surface area contributed by atoms with Gasteiger partial charge in [0, 0.05) is 17.7 Å². The van der Waals surface area contributed by atoms with Gasteiger partial charge in [0.1, 0.15) is 0 Å². The number of carbonyl (C=O) groups is 1. The predicted molar refractivity (Wildman–Crippen MR) is 96.6 cm³/mol. The summed E-state index contributed by atoms with van der Waals surface area (Å²) in [6, 6.07) is 8.52. The molecule has 27 heavy (non-hydrogen) atoms. The number of amides is 1. The van der Waals surface area contributed by atoms with Crippen LogP contribution >= 0.6 is 0 Å². The Morgan fingerprint density at radius 3 is 2.52 bits per heavy atom. The highest BCUT2D eigenvalue weighted by Crippen LogP contribution is 2.45. The first kappa shape index (κ1) is 18.9. The number of methoxy groups -OCH3 is 1. The van der Waals surface area contributed by atoms with Crippen LogP contribution in [-0.4, -0.2) is 26.2 Å². The van der Waals surface area contributed by atoms with Crippen molar-refractivity contribution in [3.63, 3.8) is 0 Å². The minimum absolute atomic E-state index is 0.0898. The molecule has 1 amide bonds. The molecule has 0 saturated carbocycles. The second-order valence-electron chi connectivity index (χ2n) is 6.61. The minimum Gasteiger partial charge on any atom is -0.490 e. The molecule has 3 rings (SSSR count). The number of alkyl halides is 2. The Morgan fingerprint density at radius 2 is 1.85 bits per heavy atom. The zero-order chi connectivity index (χ0) is 19.6. The monoisotopic (exact) mass is 377 g/mol. The van der Waals surface area contributed by atoms with Crippen molar-refractivity contribution in [2.75, 3.05) is 13.7 Å². The van der Waals surface area contributed by atoms with E-state index in [1.54, 1.807) is 18.2 Å². The van der Waals surface area contributed by atoms with Gasteiger partial charge in [-0.15, -0.1) is 0 Å². The highest BCUT2D eigenvalue weighted by atomic mass is 19.3. The summed E-state index contributed by atoms with van der Waals surface area (Å²) < 4.78 is 41.3. The van der Waals surface area contributed by atoms with Crippen LogP contribution in [0.2, 0.25) is 0 Å². The molecule has 1 aliphatic heterocycles. The predicted octanol–water partition coefficient (Wildman–Crippen LogP) is 4.24. The van der Waals surface area contributed by atoms with Crippen LogP contribution in [0.25, 0.3) is 11.1 Å². The molecule has 5 nitrogen and oxygen atoms in total. The van der Waals surface area contributed by atoms with Crippen molar-refractivity contribution in [3.05, 3.63) is 41.5 Å². The van der Waals surface area contributed by atoms with Gasteiger partial charge in [-0.05, 0) is 41.3 Å². The fourth-order valence-electron chi connectivity index (χ4n) is 2.95. The van der Waals surface area contributed by atoms with Gasteiger partial charge >= 0.3 is 6.61 Å². The highest BCUT2D eigenvalue weighted by molar-refractivity contribution is 5.99. The number of carbonyl (C=O) groups excluding carboxylic acids is 1. The summed E-state index contributed by atoms with van der Waals surface area (Å²) in [6.07, 6.45) is 0. The van der Waals surface area contributed by atoms with Crippen molar-refractivity contribution in [2.45, 2.75) is 27.0 Å². The van der Waals surface area contributed by atoms with E-state index in [0.717, 1.165) is 11.1 Å². The molecule has 0 spiro atoms. The largest absolute Gasteiger partial charge is 0.490 e. The molecule has 0 fully saturated rings. The molecule has 2 aromatic rings. The molecule has 144 valence electrons. The number of fused-ring (bicyclic) bond motifs is 1. The number of nitrogens with one attached hydrogen (secondary N) is 1. The van der Waals surface area contributed by atoms with Gasteiger partial charge in [0.05, 0.1) is 13.7 Å². The van der Waals surface area contributed by atoms with Crippen LogP contribution in [0.5, 0.6) is 17.2 Å². The summed E-state index contributed by atoms with van der Waals surface area (Å²) in [6.45, 7) is 1.83. The quantitative estimate of drug-likeness (QED) is 0.784. The normalized spacial score (nSPS) is 12.9. The van der Waals surface area contributed by atoms with Crippen LogP contribution in [0.1, 0.15) is 29.8 Å². The molecular weight excluding hydrogens is 356 g/mol. The molecule has 2 aromatic carbocycles. The standard InChI is InChI=1S/C20H21F2NO4/c1-11(2)10-26-17-14(6-7-16(18(17)25-3)27-20(21)22)12-4-5-15-13(8-12)9-23-19(15)24/h4-8,11,20H,9-10H2,1-3H3,(H,23,24). The van der Waals surface area contributed by atoms with Gasteiger partial charge in [-0.2, -0.15) is 8.78 Å². The first-order chi connectivity index (χ1) is 12.9. The lowest BCUT2D eigenvalue weighted by Crippen LogP contribution is -2.12. The van der Waals surface area contributed by atoms with Gasteiger partial charge in [0.15, 0.2) is 11.5 Å². The van der Waals surface area contributed by atoms with Crippen LogP contribution in [0, 0.1) is 5.92 Å². The van der Waals surface area contributed by atoms with E-state index in [-0.39, 0.29) is 23.3 Å². The Labute approximate surface area is 156 Å². The average Bonchev–Trinajstić information content (AvgIpc) is 2.99. The van der Waals surface area contributed by atoms with Crippen LogP contribution in [0.15, 0.2) is 30.3 Å². The lowest BCUT2D eigenvalue weighted by atomic mass is 9.99. The van der Waals surface area contributed by atoms with Crippen molar-refractivity contribution in [1.29, 1.82) is 0 Å². The Hall–Kier alpha value is -2.83. The maximum absolute atomic E-state index is 12.7. The van der Waals surface area contributed by atoms with Gasteiger partial charge in [-0.25, -0.2) is 0 Å². The molecule has 0 atom stereocenters. The van der Waals surface area contributed by atoms with E-state index >= 15 is 0 Å². The third-order valence-corrected chi connectivity index (χ3v) is 4.16. The number of hydrogen-bond acceptors (Lipinski definition) is 4. The summed E-state index contributed by atoms with van der Waals surface area (Å²) in [7, 11) is 1.38. The van der Waals surface area contributed by atoms with E-state index < -0.39 is 6.61 Å². The van der Waals surface area contributed by atoms with Gasteiger partial charge in [0.25, 0.3) is 5.91 Å². The van der Waals surface area contributed by atoms with E-state index in [4.69, 9.17) is 9.47 Å². The first-order valence-electron chi connectivity index (χ1n) is 8.60. The van der Waals surface area contributed by atoms with E-state index in [0.29, 0.717) is 30.0 Å². The Bertz CT molecular complexity index is 852. The van der Waals surface area contributed by atoms with Crippen LogP contribution in [-0.2, 0) is 6.54 Å². The van der Waals surface area contributed by atoms with E-state index in [9.17, 15) is 13.6 Å². The second-order valence-corrected chi connectivity index (χ2v) is 6.61. The van der Waals surface area contributed by atoms with Crippen LogP contribution in [0.4, 0.5) is 8.78 Å². The van der Waals surface area contributed by atoms with Crippen molar-refractivity contribution in [2.24, 2.45) is 5.92 Å². The van der Waals surface area contributed by atoms with Crippen molar-refractivity contribution in [3.8, 4) is 28.4 Å². The molecule has 1 heterocycles. The SMILES string of the molecule is COc1c(OC(F)F)ccc(-c2ccc3c(c2)CNC3=O)c1OCC(C)C. The molecule has 7 heteroatoms. The van der Waals surface area contributed by atoms with Gasteiger partial charge in [-0.1, -0.05) is 19.9 Å². The summed E-state index contributed by atoms with van der Waals surface area (Å²) in [5.41, 5.74) is 2.98. The number of rotatable bonds is 7. The van der Waals surface area contributed by atoms with E-state index in [1.807, 2.05) is 19.9 Å². The summed E-state index contributed by atoms with van der Waals surface area (Å²) in [4.78, 5) is 11.8. The van der Waals surface area contributed by atoms with Crippen LogP contribution < -0.4 is 19.5 Å². The molecule has 1 aliphatic rings. The maximum Gasteiger partial charge on any atom is 0.387 e. The molecule has 0 radical (unpaired) electrons. The van der Waals surface area contributed by atoms with E-state index in [1.165, 1.54) is 13.2 Å². The fourth-order valence-corrected chi connectivity index (χ4v) is 2.95. The van der Waals surface area contributed by atoms with Crippen molar-refractivity contribution < 1.29 is 27.8 Å². The summed E-state index contributed by atoms with van der Waals surface area (Å²) >= 11 is 0. The average molecular weight is 377 g/mol. The van der Waals surface area contributed by atoms with Gasteiger partial charge < -0.3 is 19.5 Å². The Kier molecular flexibility index (Phi) is 5.48. The Morgan fingerprint density at radius 1 is 1.11 bits per heavy atom. The Balaban J connectivity index is 2.09. The number of hydrogen-bond donors (Lipinski definition) is 1. The third-order valence-electron chi connectivity index (χ3n) is 4.16. The third kappa shape index (κ3) is 3.97. The van der Waals surface area contributed by atoms with Crippen LogP contribution in [0.3, 0.4) is 0 Å². The van der Waals surface area contributed by atoms with Gasteiger partial charge in [-0.3, -0.25) is 4.79 Å². The van der Waals surface area contributed by atoms with E-state index in [2.05, 4.69) is 10.1 Å².